The fourth-order valence-corrected chi connectivity index (χ4v) is 5.70. The number of carbonyl (C=O) groups is 1. The van der Waals surface area contributed by atoms with Crippen LogP contribution in [0, 0.1) is 15.3 Å². The lowest BCUT2D eigenvalue weighted by Crippen LogP contribution is -2.23. The maximum atomic E-state index is 13.6. The van der Waals surface area contributed by atoms with Gasteiger partial charge in [0.25, 0.3) is 5.56 Å². The van der Waals surface area contributed by atoms with Crippen molar-refractivity contribution in [2.75, 3.05) is 19.2 Å². The van der Waals surface area contributed by atoms with E-state index in [0.29, 0.717) is 42.2 Å². The number of aromatic nitrogens is 3. The molecule has 1 aliphatic heterocycles. The van der Waals surface area contributed by atoms with Crippen LogP contribution in [0.15, 0.2) is 52.4 Å². The van der Waals surface area contributed by atoms with Crippen molar-refractivity contribution in [3.05, 3.63) is 67.9 Å². The first kappa shape index (κ1) is 24.1. The molecule has 0 atom stereocenters. The fraction of sp³-hybridized carbons (Fsp3) is 0.208. The van der Waals surface area contributed by atoms with Crippen LogP contribution in [0.2, 0.25) is 0 Å². The summed E-state index contributed by atoms with van der Waals surface area (Å²) >= 11 is 7.93. The zero-order valence-electron chi connectivity index (χ0n) is 18.9. The highest BCUT2D eigenvalue weighted by molar-refractivity contribution is 7.99. The van der Waals surface area contributed by atoms with Gasteiger partial charge in [-0.25, -0.2) is 9.78 Å². The Bertz CT molecular complexity index is 1630. The lowest BCUT2D eigenvalue weighted by molar-refractivity contribution is 0.0526. The van der Waals surface area contributed by atoms with Crippen molar-refractivity contribution in [2.24, 2.45) is 0 Å². The molecule has 4 aromatic rings. The Hall–Kier alpha value is -3.66. The van der Waals surface area contributed by atoms with Crippen LogP contribution in [-0.4, -0.2) is 39.2 Å². The second-order valence-electron chi connectivity index (χ2n) is 7.54. The molecule has 3 heterocycles. The summed E-state index contributed by atoms with van der Waals surface area (Å²) in [5.74, 6) is 0.984. The molecule has 0 unspecified atom stereocenters. The maximum absolute atomic E-state index is 13.6. The molecule has 36 heavy (non-hydrogen) atoms. The smallest absolute Gasteiger partial charge is 0.338 e. The highest BCUT2D eigenvalue weighted by atomic mass is 32.2. The quantitative estimate of drug-likeness (QED) is 0.145. The van der Waals surface area contributed by atoms with Crippen LogP contribution in [0.5, 0.6) is 11.5 Å². The summed E-state index contributed by atoms with van der Waals surface area (Å²) in [5.41, 5.74) is 2.06. The van der Waals surface area contributed by atoms with E-state index in [2.05, 4.69) is 6.07 Å². The largest absolute Gasteiger partial charge is 0.462 e. The number of thiazole rings is 1. The zero-order chi connectivity index (χ0) is 25.2. The molecule has 0 saturated carbocycles. The lowest BCUT2D eigenvalue weighted by Gasteiger charge is -2.12. The number of hydrogen-bond donors (Lipinski definition) is 0. The Morgan fingerprint density at radius 2 is 2.03 bits per heavy atom. The number of ether oxygens (including phenoxy) is 3. The molecule has 0 spiro atoms. The molecule has 2 aromatic heterocycles. The topological polar surface area (TPSA) is 108 Å². The third-order valence-electron chi connectivity index (χ3n) is 5.34. The molecule has 0 radical (unpaired) electrons. The van der Waals surface area contributed by atoms with Crippen molar-refractivity contribution in [1.82, 2.24) is 14.1 Å². The highest BCUT2D eigenvalue weighted by Crippen LogP contribution is 2.33. The predicted molar refractivity (Wildman–Crippen MR) is 138 cm³/mol. The molecule has 0 fully saturated rings. The summed E-state index contributed by atoms with van der Waals surface area (Å²) in [4.78, 5) is 30.4. The van der Waals surface area contributed by atoms with Gasteiger partial charge in [0.2, 0.25) is 6.79 Å². The first-order chi connectivity index (χ1) is 17.5. The molecule has 9 nitrogen and oxygen atoms in total. The monoisotopic (exact) mass is 538 g/mol. The summed E-state index contributed by atoms with van der Waals surface area (Å²) in [6.45, 7) is 2.43. The van der Waals surface area contributed by atoms with Crippen molar-refractivity contribution >= 4 is 51.6 Å². The summed E-state index contributed by atoms with van der Waals surface area (Å²) in [5, 5.41) is 9.57. The van der Waals surface area contributed by atoms with Gasteiger partial charge in [0.05, 0.1) is 30.5 Å². The number of thioether (sulfide) groups is 1. The van der Waals surface area contributed by atoms with Crippen molar-refractivity contribution in [2.45, 2.75) is 18.6 Å². The second kappa shape index (κ2) is 10.1. The number of carbonyl (C=O) groups excluding carboxylic acids is 1. The zero-order valence-corrected chi connectivity index (χ0v) is 21.4. The van der Waals surface area contributed by atoms with Crippen LogP contribution < -0.4 is 15.0 Å². The van der Waals surface area contributed by atoms with Gasteiger partial charge in [0.1, 0.15) is 4.70 Å². The van der Waals surface area contributed by atoms with E-state index in [4.69, 9.17) is 36.7 Å². The standard InChI is InChI=1S/C24H18N4O5S3/c1-2-31-22(30)15-4-6-16(7-5-15)28-20-19(36-24(28)34)21(29)27(23(26-20)35-10-9-25)12-14-3-8-17-18(11-14)33-13-32-17/h3-8,11H,2,10,12-13H2,1H3. The van der Waals surface area contributed by atoms with E-state index in [-0.39, 0.29) is 31.3 Å². The van der Waals surface area contributed by atoms with Gasteiger partial charge in [0.15, 0.2) is 26.3 Å². The Balaban J connectivity index is 1.60. The van der Waals surface area contributed by atoms with Crippen molar-refractivity contribution < 1.29 is 19.0 Å². The lowest BCUT2D eigenvalue weighted by atomic mass is 10.2. The third kappa shape index (κ3) is 4.48. The summed E-state index contributed by atoms with van der Waals surface area (Å²) in [6.07, 6.45) is 0. The molecule has 0 N–H and O–H groups in total. The normalized spacial score (nSPS) is 12.0. The average molecular weight is 539 g/mol. The molecular weight excluding hydrogens is 520 g/mol. The maximum Gasteiger partial charge on any atom is 0.338 e. The number of benzene rings is 2. The number of fused-ring (bicyclic) bond motifs is 2. The van der Waals surface area contributed by atoms with Crippen molar-refractivity contribution in [3.8, 4) is 23.3 Å². The molecule has 0 bridgehead atoms. The Morgan fingerprint density at radius 3 is 2.78 bits per heavy atom. The predicted octanol–water partition coefficient (Wildman–Crippen LogP) is 4.55. The Labute approximate surface area is 218 Å². The number of hydrogen-bond acceptors (Lipinski definition) is 10. The van der Waals surface area contributed by atoms with Crippen LogP contribution in [0.4, 0.5) is 0 Å². The first-order valence-electron chi connectivity index (χ1n) is 10.8. The second-order valence-corrected chi connectivity index (χ2v) is 10.1. The van der Waals surface area contributed by atoms with E-state index in [1.165, 1.54) is 23.1 Å². The van der Waals surface area contributed by atoms with Gasteiger partial charge >= 0.3 is 5.97 Å². The van der Waals surface area contributed by atoms with Gasteiger partial charge in [0, 0.05) is 5.69 Å². The highest BCUT2D eigenvalue weighted by Gasteiger charge is 2.20. The van der Waals surface area contributed by atoms with Gasteiger partial charge < -0.3 is 14.2 Å². The summed E-state index contributed by atoms with van der Waals surface area (Å²) in [7, 11) is 0. The van der Waals surface area contributed by atoms with Crippen molar-refractivity contribution in [1.29, 1.82) is 5.26 Å². The molecular formula is C24H18N4O5S3. The van der Waals surface area contributed by atoms with Crippen LogP contribution in [-0.2, 0) is 11.3 Å². The summed E-state index contributed by atoms with van der Waals surface area (Å²) in [6, 6.07) is 14.3. The molecule has 0 aliphatic carbocycles. The Kier molecular flexibility index (Phi) is 6.77. The van der Waals surface area contributed by atoms with Crippen molar-refractivity contribution in [3.63, 3.8) is 0 Å². The van der Waals surface area contributed by atoms with Crippen LogP contribution in [0.3, 0.4) is 0 Å². The fourth-order valence-electron chi connectivity index (χ4n) is 3.72. The van der Waals surface area contributed by atoms with Gasteiger partial charge in [-0.2, -0.15) is 5.26 Å². The minimum atomic E-state index is -0.414. The van der Waals surface area contributed by atoms with Gasteiger partial charge in [-0.1, -0.05) is 29.2 Å². The molecule has 1 aliphatic rings. The molecule has 0 amide bonds. The molecule has 5 rings (SSSR count). The molecule has 182 valence electrons. The van der Waals surface area contributed by atoms with E-state index >= 15 is 0 Å². The third-order valence-corrected chi connectivity index (χ3v) is 7.53. The first-order valence-corrected chi connectivity index (χ1v) is 13.0. The number of rotatable bonds is 7. The van der Waals surface area contributed by atoms with E-state index in [0.717, 1.165) is 5.56 Å². The number of nitriles is 1. The van der Waals surface area contributed by atoms with E-state index in [1.807, 2.05) is 12.1 Å². The van der Waals surface area contributed by atoms with Gasteiger partial charge in [-0.3, -0.25) is 13.9 Å². The van der Waals surface area contributed by atoms with E-state index < -0.39 is 5.97 Å². The number of nitrogens with zero attached hydrogens (tertiary/aromatic N) is 4. The van der Waals surface area contributed by atoms with Gasteiger partial charge in [-0.15, -0.1) is 0 Å². The summed E-state index contributed by atoms with van der Waals surface area (Å²) < 4.78 is 20.0. The molecule has 12 heteroatoms. The van der Waals surface area contributed by atoms with Gasteiger partial charge in [-0.05, 0) is 61.1 Å². The number of esters is 1. The molecule has 2 aromatic carbocycles. The minimum Gasteiger partial charge on any atom is -0.462 e. The van der Waals surface area contributed by atoms with E-state index in [1.54, 1.807) is 46.4 Å². The SMILES string of the molecule is CCOC(=O)c1ccc(-n2c(=S)sc3c(=O)n(Cc4ccc5c(c4)OCO5)c(SCC#N)nc32)cc1. The van der Waals surface area contributed by atoms with Crippen LogP contribution >= 0.6 is 35.3 Å². The van der Waals surface area contributed by atoms with Crippen LogP contribution in [0.25, 0.3) is 16.0 Å². The van der Waals surface area contributed by atoms with Crippen LogP contribution in [0.1, 0.15) is 22.8 Å². The van der Waals surface area contributed by atoms with E-state index in [9.17, 15) is 9.59 Å². The minimum absolute atomic E-state index is 0.123. The molecule has 0 saturated heterocycles. The Morgan fingerprint density at radius 1 is 1.25 bits per heavy atom. The average Bonchev–Trinajstić information content (AvgIpc) is 3.48.